The number of hydrogen-bond acceptors (Lipinski definition) is 4. The minimum atomic E-state index is -3.66. The maximum absolute atomic E-state index is 13.3. The van der Waals surface area contributed by atoms with E-state index in [9.17, 15) is 26.8 Å². The molecule has 0 saturated heterocycles. The van der Waals surface area contributed by atoms with Gasteiger partial charge in [-0.05, 0) is 61.2 Å². The zero-order chi connectivity index (χ0) is 26.2. The van der Waals surface area contributed by atoms with E-state index in [2.05, 4.69) is 5.32 Å². The van der Waals surface area contributed by atoms with Crippen molar-refractivity contribution in [1.82, 2.24) is 10.2 Å². The van der Waals surface area contributed by atoms with Crippen LogP contribution < -0.4 is 9.62 Å². The monoisotopic (exact) mass is 509 g/mol. The van der Waals surface area contributed by atoms with E-state index in [4.69, 9.17) is 0 Å². The van der Waals surface area contributed by atoms with E-state index in [0.29, 0.717) is 17.8 Å². The van der Waals surface area contributed by atoms with Crippen molar-refractivity contribution in [2.75, 3.05) is 23.7 Å². The molecule has 1 atom stereocenters. The quantitative estimate of drug-likeness (QED) is 0.473. The number of sulfonamides is 1. The smallest absolute Gasteiger partial charge is 0.242 e. The van der Waals surface area contributed by atoms with Crippen LogP contribution in [0.3, 0.4) is 0 Å². The molecule has 0 aliphatic heterocycles. The lowest BCUT2D eigenvalue weighted by atomic mass is 10.1. The summed E-state index contributed by atoms with van der Waals surface area (Å²) in [6, 6.07) is 9.95. The minimum absolute atomic E-state index is 0.00845. The second-order valence-electron chi connectivity index (χ2n) is 8.88. The van der Waals surface area contributed by atoms with Crippen molar-refractivity contribution in [1.29, 1.82) is 0 Å². The average Bonchev–Trinajstić information content (AvgIpc) is 2.79. The Morgan fingerprint density at radius 1 is 0.943 bits per heavy atom. The summed E-state index contributed by atoms with van der Waals surface area (Å²) in [6.07, 6.45) is 1.21. The molecule has 0 spiro atoms. The van der Waals surface area contributed by atoms with Crippen molar-refractivity contribution in [2.24, 2.45) is 5.92 Å². The molecular weight excluding hydrogens is 476 g/mol. The van der Waals surface area contributed by atoms with Gasteiger partial charge in [-0.3, -0.25) is 13.9 Å². The van der Waals surface area contributed by atoms with E-state index in [1.807, 2.05) is 13.8 Å². The Bertz CT molecular complexity index is 1090. The summed E-state index contributed by atoms with van der Waals surface area (Å²) in [5.74, 6) is -1.30. The number of halogens is 2. The van der Waals surface area contributed by atoms with Gasteiger partial charge in [0.2, 0.25) is 21.8 Å². The first-order valence-corrected chi connectivity index (χ1v) is 13.3. The number of carbonyl (C=O) groups excluding carboxylic acids is 2. The molecule has 7 nitrogen and oxygen atoms in total. The molecule has 0 bridgehead atoms. The van der Waals surface area contributed by atoms with Gasteiger partial charge in [-0.2, -0.15) is 0 Å². The molecule has 0 heterocycles. The van der Waals surface area contributed by atoms with Crippen LogP contribution in [0.5, 0.6) is 0 Å². The number of amides is 2. The van der Waals surface area contributed by atoms with Gasteiger partial charge >= 0.3 is 0 Å². The van der Waals surface area contributed by atoms with Crippen molar-refractivity contribution in [3.05, 3.63) is 65.7 Å². The van der Waals surface area contributed by atoms with Crippen molar-refractivity contribution in [3.63, 3.8) is 0 Å². The number of rotatable bonds is 12. The molecule has 192 valence electrons. The first-order valence-electron chi connectivity index (χ1n) is 11.4. The van der Waals surface area contributed by atoms with Crippen LogP contribution >= 0.6 is 0 Å². The van der Waals surface area contributed by atoms with Gasteiger partial charge < -0.3 is 10.2 Å². The fourth-order valence-electron chi connectivity index (χ4n) is 3.43. The Kier molecular flexibility index (Phi) is 10.2. The molecule has 2 aromatic rings. The molecular formula is C25H33F2N3O4S. The van der Waals surface area contributed by atoms with Crippen LogP contribution in [-0.4, -0.2) is 50.5 Å². The molecule has 0 aliphatic rings. The third-order valence-electron chi connectivity index (χ3n) is 5.38. The topological polar surface area (TPSA) is 86.8 Å². The fraction of sp³-hybridized carbons (Fsp3) is 0.440. The number of nitrogens with one attached hydrogen (secondary N) is 1. The van der Waals surface area contributed by atoms with Crippen molar-refractivity contribution in [3.8, 4) is 0 Å². The summed E-state index contributed by atoms with van der Waals surface area (Å²) in [5, 5.41) is 2.82. The van der Waals surface area contributed by atoms with E-state index in [-0.39, 0.29) is 43.7 Å². The van der Waals surface area contributed by atoms with Gasteiger partial charge in [0.15, 0.2) is 0 Å². The zero-order valence-corrected chi connectivity index (χ0v) is 21.3. The summed E-state index contributed by atoms with van der Waals surface area (Å²) >= 11 is 0. The molecule has 10 heteroatoms. The molecule has 2 aromatic carbocycles. The van der Waals surface area contributed by atoms with Gasteiger partial charge in [0.25, 0.3) is 0 Å². The van der Waals surface area contributed by atoms with Crippen molar-refractivity contribution >= 4 is 27.5 Å². The number of anilines is 1. The van der Waals surface area contributed by atoms with E-state index in [1.54, 1.807) is 19.1 Å². The fourth-order valence-corrected chi connectivity index (χ4v) is 4.40. The molecule has 0 aliphatic carbocycles. The van der Waals surface area contributed by atoms with Crippen molar-refractivity contribution < 1.29 is 26.8 Å². The SMILES string of the molecule is CC(C)CNC(=O)[C@H](C)N(Cc1ccc(F)cc1)C(=O)CCCN(c1ccc(F)cc1)S(C)(=O)=O. The van der Waals surface area contributed by atoms with Crippen molar-refractivity contribution in [2.45, 2.75) is 46.2 Å². The largest absolute Gasteiger partial charge is 0.354 e. The lowest BCUT2D eigenvalue weighted by Gasteiger charge is -2.29. The second-order valence-corrected chi connectivity index (χ2v) is 10.8. The van der Waals surface area contributed by atoms with Crippen LogP contribution in [0.25, 0.3) is 0 Å². The normalized spacial score (nSPS) is 12.3. The summed E-state index contributed by atoms with van der Waals surface area (Å²) in [5.41, 5.74) is 0.957. The first-order chi connectivity index (χ1) is 16.4. The molecule has 0 fully saturated rings. The third-order valence-corrected chi connectivity index (χ3v) is 6.58. The standard InChI is InChI=1S/C25H33F2N3O4S/c1-18(2)16-28-25(32)19(3)29(17-20-7-9-21(26)10-8-20)24(31)6-5-15-30(35(4,33)34)23-13-11-22(27)12-14-23/h7-14,18-19H,5-6,15-17H2,1-4H3,(H,28,32)/t19-/m0/s1. The highest BCUT2D eigenvalue weighted by molar-refractivity contribution is 7.92. The second kappa shape index (κ2) is 12.6. The molecule has 0 saturated carbocycles. The highest BCUT2D eigenvalue weighted by Gasteiger charge is 2.26. The molecule has 35 heavy (non-hydrogen) atoms. The van der Waals surface area contributed by atoms with Gasteiger partial charge in [-0.25, -0.2) is 17.2 Å². The number of carbonyl (C=O) groups is 2. The van der Waals surface area contributed by atoms with E-state index >= 15 is 0 Å². The Hall–Kier alpha value is -3.01. The van der Waals surface area contributed by atoms with E-state index in [1.165, 1.54) is 41.3 Å². The van der Waals surface area contributed by atoms with E-state index in [0.717, 1.165) is 10.6 Å². The maximum atomic E-state index is 13.3. The average molecular weight is 510 g/mol. The maximum Gasteiger partial charge on any atom is 0.242 e. The number of benzene rings is 2. The lowest BCUT2D eigenvalue weighted by Crippen LogP contribution is -2.48. The van der Waals surface area contributed by atoms with Gasteiger partial charge in [-0.1, -0.05) is 26.0 Å². The summed E-state index contributed by atoms with van der Waals surface area (Å²) in [7, 11) is -3.66. The lowest BCUT2D eigenvalue weighted by molar-refractivity contribution is -0.140. The number of nitrogens with zero attached hydrogens (tertiary/aromatic N) is 2. The predicted molar refractivity (Wildman–Crippen MR) is 132 cm³/mol. The third kappa shape index (κ3) is 8.93. The summed E-state index contributed by atoms with van der Waals surface area (Å²) < 4.78 is 52.2. The zero-order valence-electron chi connectivity index (χ0n) is 20.5. The predicted octanol–water partition coefficient (Wildman–Crippen LogP) is 3.70. The number of hydrogen-bond donors (Lipinski definition) is 1. The van der Waals surface area contributed by atoms with E-state index < -0.39 is 27.7 Å². The van der Waals surface area contributed by atoms with Gasteiger partial charge in [0.1, 0.15) is 17.7 Å². The van der Waals surface area contributed by atoms with Gasteiger partial charge in [-0.15, -0.1) is 0 Å². The van der Waals surface area contributed by atoms with Crippen LogP contribution in [0.2, 0.25) is 0 Å². The van der Waals surface area contributed by atoms with Gasteiger partial charge in [0.05, 0.1) is 11.9 Å². The van der Waals surface area contributed by atoms with Crippen LogP contribution in [0.15, 0.2) is 48.5 Å². The molecule has 0 aromatic heterocycles. The molecule has 1 N–H and O–H groups in total. The minimum Gasteiger partial charge on any atom is -0.354 e. The Labute approximate surface area is 206 Å². The Morgan fingerprint density at radius 3 is 2.00 bits per heavy atom. The molecule has 0 radical (unpaired) electrons. The highest BCUT2D eigenvalue weighted by Crippen LogP contribution is 2.19. The van der Waals surface area contributed by atoms with Crippen LogP contribution in [0, 0.1) is 17.6 Å². The Balaban J connectivity index is 2.14. The Morgan fingerprint density at radius 2 is 1.49 bits per heavy atom. The van der Waals surface area contributed by atoms with Gasteiger partial charge in [0, 0.05) is 26.1 Å². The molecule has 2 rings (SSSR count). The molecule has 0 unspecified atom stereocenters. The highest BCUT2D eigenvalue weighted by atomic mass is 32.2. The first kappa shape index (κ1) is 28.2. The molecule has 2 amide bonds. The van der Waals surface area contributed by atoms with Crippen LogP contribution in [0.1, 0.15) is 39.2 Å². The van der Waals surface area contributed by atoms with Crippen LogP contribution in [0.4, 0.5) is 14.5 Å². The summed E-state index contributed by atoms with van der Waals surface area (Å²) in [6.45, 7) is 6.11. The van der Waals surface area contributed by atoms with Crippen LogP contribution in [-0.2, 0) is 26.2 Å². The summed E-state index contributed by atoms with van der Waals surface area (Å²) in [4.78, 5) is 27.3.